The first kappa shape index (κ1) is 27.8. The lowest BCUT2D eigenvalue weighted by Crippen LogP contribution is -2.57. The summed E-state index contributed by atoms with van der Waals surface area (Å²) in [7, 11) is 1.17. The molecule has 10 heteroatoms. The molecule has 0 N–H and O–H groups in total. The number of methoxy groups -OCH3 is 1. The second-order valence-electron chi connectivity index (χ2n) is 9.58. The maximum atomic E-state index is 13.9. The third kappa shape index (κ3) is 8.09. The highest BCUT2D eigenvalue weighted by molar-refractivity contribution is 5.90. The second kappa shape index (κ2) is 12.4. The van der Waals surface area contributed by atoms with Crippen LogP contribution in [-0.4, -0.2) is 72.9 Å². The Bertz CT molecular complexity index is 1090. The van der Waals surface area contributed by atoms with Gasteiger partial charge in [0.2, 0.25) is 0 Å². The van der Waals surface area contributed by atoms with Crippen LogP contribution in [0, 0.1) is 5.82 Å². The Balaban J connectivity index is 1.65. The summed E-state index contributed by atoms with van der Waals surface area (Å²) in [4.78, 5) is 40.5. The van der Waals surface area contributed by atoms with Crippen molar-refractivity contribution in [1.29, 1.82) is 0 Å². The summed E-state index contributed by atoms with van der Waals surface area (Å²) in [6.45, 7) is 6.44. The van der Waals surface area contributed by atoms with Crippen LogP contribution in [0.25, 0.3) is 0 Å². The molecule has 2 aromatic carbocycles. The Hall–Kier alpha value is -3.82. The van der Waals surface area contributed by atoms with Crippen LogP contribution in [0.4, 0.5) is 14.0 Å². The van der Waals surface area contributed by atoms with Crippen LogP contribution in [0.15, 0.2) is 48.5 Å². The molecule has 0 aromatic heterocycles. The SMILES string of the molecule is COC(=O)c1cc(OCC[C@@H]2CN(C(=O)OCc3ccccc3)CCN2C(=O)OC(C)(C)C)ccc1F. The first-order chi connectivity index (χ1) is 17.6. The second-order valence-corrected chi connectivity index (χ2v) is 9.58. The summed E-state index contributed by atoms with van der Waals surface area (Å²) >= 11 is 0. The number of piperazine rings is 1. The van der Waals surface area contributed by atoms with E-state index in [9.17, 15) is 18.8 Å². The molecule has 0 spiro atoms. The lowest BCUT2D eigenvalue weighted by Gasteiger charge is -2.41. The van der Waals surface area contributed by atoms with E-state index in [1.54, 1.807) is 30.6 Å². The number of hydrogen-bond donors (Lipinski definition) is 0. The minimum absolute atomic E-state index is 0.142. The Labute approximate surface area is 216 Å². The number of carbonyl (C=O) groups is 3. The lowest BCUT2D eigenvalue weighted by atomic mass is 10.1. The van der Waals surface area contributed by atoms with Crippen LogP contribution in [-0.2, 0) is 20.8 Å². The topological polar surface area (TPSA) is 94.6 Å². The smallest absolute Gasteiger partial charge is 0.410 e. The van der Waals surface area contributed by atoms with Crippen molar-refractivity contribution in [1.82, 2.24) is 9.80 Å². The number of rotatable bonds is 7. The summed E-state index contributed by atoms with van der Waals surface area (Å²) in [5.41, 5.74) is -0.0401. The first-order valence-corrected chi connectivity index (χ1v) is 12.0. The molecule has 1 saturated heterocycles. The van der Waals surface area contributed by atoms with Gasteiger partial charge in [0.1, 0.15) is 23.8 Å². The Morgan fingerprint density at radius 2 is 1.76 bits per heavy atom. The number of hydrogen-bond acceptors (Lipinski definition) is 7. The molecular weight excluding hydrogens is 483 g/mol. The van der Waals surface area contributed by atoms with Gasteiger partial charge < -0.3 is 28.7 Å². The van der Waals surface area contributed by atoms with E-state index in [4.69, 9.17) is 14.2 Å². The van der Waals surface area contributed by atoms with Gasteiger partial charge in [-0.3, -0.25) is 0 Å². The fraction of sp³-hybridized carbons (Fsp3) is 0.444. The van der Waals surface area contributed by atoms with Crippen molar-refractivity contribution in [3.63, 3.8) is 0 Å². The monoisotopic (exact) mass is 516 g/mol. The summed E-state index contributed by atoms with van der Waals surface area (Å²) in [5.74, 6) is -1.25. The van der Waals surface area contributed by atoms with E-state index in [2.05, 4.69) is 4.74 Å². The number of halogens is 1. The molecule has 1 aliphatic rings. The molecule has 0 aliphatic carbocycles. The van der Waals surface area contributed by atoms with Gasteiger partial charge in [-0.1, -0.05) is 30.3 Å². The van der Waals surface area contributed by atoms with Crippen molar-refractivity contribution in [2.45, 2.75) is 45.4 Å². The Kier molecular flexibility index (Phi) is 9.32. The average Bonchev–Trinajstić information content (AvgIpc) is 2.87. The van der Waals surface area contributed by atoms with E-state index in [0.29, 0.717) is 13.0 Å². The number of amides is 2. The number of benzene rings is 2. The maximum Gasteiger partial charge on any atom is 0.410 e. The molecule has 2 amide bonds. The molecule has 0 bridgehead atoms. The Morgan fingerprint density at radius 3 is 2.43 bits per heavy atom. The van der Waals surface area contributed by atoms with Crippen LogP contribution in [0.2, 0.25) is 0 Å². The van der Waals surface area contributed by atoms with Crippen molar-refractivity contribution in [3.05, 3.63) is 65.5 Å². The van der Waals surface area contributed by atoms with E-state index >= 15 is 0 Å². The molecule has 0 radical (unpaired) electrons. The van der Waals surface area contributed by atoms with Gasteiger partial charge >= 0.3 is 18.2 Å². The van der Waals surface area contributed by atoms with Gasteiger partial charge in [0.25, 0.3) is 0 Å². The van der Waals surface area contributed by atoms with Crippen molar-refractivity contribution >= 4 is 18.2 Å². The van der Waals surface area contributed by atoms with Crippen LogP contribution in [0.5, 0.6) is 5.75 Å². The zero-order chi connectivity index (χ0) is 27.0. The normalized spacial score (nSPS) is 15.6. The number of nitrogens with zero attached hydrogens (tertiary/aromatic N) is 2. The number of carbonyl (C=O) groups excluding carboxylic acids is 3. The minimum atomic E-state index is -0.809. The van der Waals surface area contributed by atoms with E-state index in [1.165, 1.54) is 19.2 Å². The molecular formula is C27H33FN2O7. The standard InChI is InChI=1S/C27H33FN2O7/c1-27(2,3)37-26(33)30-14-13-29(25(32)36-18-19-8-6-5-7-9-19)17-20(30)12-15-35-21-10-11-23(28)22(16-21)24(31)34-4/h5-11,16,20H,12-15,17-18H2,1-4H3/t20-/m1/s1. The molecule has 1 aliphatic heterocycles. The zero-order valence-corrected chi connectivity index (χ0v) is 21.6. The van der Waals surface area contributed by atoms with Crippen molar-refractivity contribution < 1.29 is 37.7 Å². The quantitative estimate of drug-likeness (QED) is 0.391. The highest BCUT2D eigenvalue weighted by Crippen LogP contribution is 2.21. The van der Waals surface area contributed by atoms with E-state index in [0.717, 1.165) is 11.6 Å². The molecule has 1 atom stereocenters. The summed E-state index contributed by atoms with van der Waals surface area (Å²) < 4.78 is 35.3. The van der Waals surface area contributed by atoms with Crippen LogP contribution >= 0.6 is 0 Å². The molecule has 2 aromatic rings. The zero-order valence-electron chi connectivity index (χ0n) is 21.6. The predicted molar refractivity (Wildman–Crippen MR) is 133 cm³/mol. The van der Waals surface area contributed by atoms with Gasteiger partial charge in [-0.15, -0.1) is 0 Å². The molecule has 9 nitrogen and oxygen atoms in total. The largest absolute Gasteiger partial charge is 0.493 e. The Morgan fingerprint density at radius 1 is 1.03 bits per heavy atom. The molecule has 1 heterocycles. The van der Waals surface area contributed by atoms with Gasteiger partial charge in [-0.05, 0) is 44.5 Å². The van der Waals surface area contributed by atoms with Crippen LogP contribution in [0.3, 0.4) is 0 Å². The van der Waals surface area contributed by atoms with Crippen molar-refractivity contribution in [2.24, 2.45) is 0 Å². The minimum Gasteiger partial charge on any atom is -0.493 e. The fourth-order valence-corrected chi connectivity index (χ4v) is 3.81. The van der Waals surface area contributed by atoms with Gasteiger partial charge in [0, 0.05) is 26.1 Å². The summed E-state index contributed by atoms with van der Waals surface area (Å²) in [6, 6.07) is 12.7. The predicted octanol–water partition coefficient (Wildman–Crippen LogP) is 4.64. The summed E-state index contributed by atoms with van der Waals surface area (Å²) in [6.07, 6.45) is -0.600. The van der Waals surface area contributed by atoms with Gasteiger partial charge in [-0.25, -0.2) is 18.8 Å². The van der Waals surface area contributed by atoms with Gasteiger partial charge in [-0.2, -0.15) is 0 Å². The lowest BCUT2D eigenvalue weighted by molar-refractivity contribution is -0.00616. The molecule has 0 saturated carbocycles. The highest BCUT2D eigenvalue weighted by Gasteiger charge is 2.35. The number of esters is 1. The summed E-state index contributed by atoms with van der Waals surface area (Å²) in [5, 5.41) is 0. The van der Waals surface area contributed by atoms with Gasteiger partial charge in [0.05, 0.1) is 25.3 Å². The van der Waals surface area contributed by atoms with Crippen molar-refractivity contribution in [3.8, 4) is 5.75 Å². The molecule has 3 rings (SSSR count). The third-order valence-corrected chi connectivity index (χ3v) is 5.64. The first-order valence-electron chi connectivity index (χ1n) is 12.0. The van der Waals surface area contributed by atoms with E-state index in [-0.39, 0.29) is 37.6 Å². The average molecular weight is 517 g/mol. The van der Waals surface area contributed by atoms with Crippen LogP contribution < -0.4 is 4.74 Å². The molecule has 37 heavy (non-hydrogen) atoms. The van der Waals surface area contributed by atoms with E-state index < -0.39 is 35.6 Å². The van der Waals surface area contributed by atoms with Crippen LogP contribution in [0.1, 0.15) is 43.1 Å². The molecule has 200 valence electrons. The molecule has 0 unspecified atom stereocenters. The fourth-order valence-electron chi connectivity index (χ4n) is 3.81. The van der Waals surface area contributed by atoms with Crippen molar-refractivity contribution in [2.75, 3.05) is 33.4 Å². The maximum absolute atomic E-state index is 13.9. The third-order valence-electron chi connectivity index (χ3n) is 5.64. The number of ether oxygens (including phenoxy) is 4. The highest BCUT2D eigenvalue weighted by atomic mass is 19.1. The molecule has 1 fully saturated rings. The van der Waals surface area contributed by atoms with E-state index in [1.807, 2.05) is 30.3 Å². The van der Waals surface area contributed by atoms with Gasteiger partial charge in [0.15, 0.2) is 0 Å².